The maximum atomic E-state index is 10.8. The highest BCUT2D eigenvalue weighted by Crippen LogP contribution is 2.30. The molecule has 7 heteroatoms. The molecule has 0 radical (unpaired) electrons. The number of carbonyl (C=O) groups is 1. The zero-order valence-electron chi connectivity index (χ0n) is 7.78. The maximum absolute atomic E-state index is 10.8. The quantitative estimate of drug-likeness (QED) is 0.501. The van der Waals surface area contributed by atoms with E-state index in [9.17, 15) is 4.79 Å². The first-order chi connectivity index (χ1) is 7.15. The highest BCUT2D eigenvalue weighted by molar-refractivity contribution is 8.27. The van der Waals surface area contributed by atoms with Gasteiger partial charge in [0.05, 0.1) is 12.0 Å². The normalized spacial score (nSPS) is 11.2. The van der Waals surface area contributed by atoms with E-state index in [1.807, 2.05) is 0 Å². The number of carboxylic acid groups (broad SMARTS) is 1. The Hall–Kier alpha value is -1.10. The van der Waals surface area contributed by atoms with E-state index in [0.29, 0.717) is 0 Å². The lowest BCUT2D eigenvalue weighted by Crippen LogP contribution is -1.98. The van der Waals surface area contributed by atoms with Crippen LogP contribution in [0.3, 0.4) is 0 Å². The molecule has 0 fully saturated rings. The predicted molar refractivity (Wildman–Crippen MR) is 57.8 cm³/mol. The third-order valence-electron chi connectivity index (χ3n) is 1.44. The smallest absolute Gasteiger partial charge is 0.339 e. The zero-order chi connectivity index (χ0) is 11.3. The van der Waals surface area contributed by atoms with Crippen LogP contribution in [0.1, 0.15) is 10.4 Å². The molecular weight excluding hydrogens is 237 g/mol. The van der Waals surface area contributed by atoms with Crippen LogP contribution in [0.5, 0.6) is 5.75 Å². The van der Waals surface area contributed by atoms with E-state index in [1.165, 1.54) is 19.2 Å². The summed E-state index contributed by atoms with van der Waals surface area (Å²) in [4.78, 5) is 18.7. The van der Waals surface area contributed by atoms with Crippen molar-refractivity contribution in [2.45, 2.75) is 0 Å². The van der Waals surface area contributed by atoms with E-state index < -0.39 is 13.1 Å². The summed E-state index contributed by atoms with van der Waals surface area (Å²) in [6.45, 7) is 0. The van der Waals surface area contributed by atoms with Crippen LogP contribution in [-0.4, -0.2) is 18.2 Å². The van der Waals surface area contributed by atoms with Crippen molar-refractivity contribution in [1.82, 2.24) is 0 Å². The number of carboxylic acids is 1. The van der Waals surface area contributed by atoms with E-state index in [1.54, 1.807) is 12.1 Å². The topological polar surface area (TPSA) is 68.1 Å². The lowest BCUT2D eigenvalue weighted by Gasteiger charge is -2.01. The number of para-hydroxylation sites is 1. The van der Waals surface area contributed by atoms with Gasteiger partial charge in [-0.1, -0.05) is 12.1 Å². The van der Waals surface area contributed by atoms with Gasteiger partial charge in [-0.25, -0.2) is 9.63 Å². The van der Waals surface area contributed by atoms with Crippen LogP contribution in [0.15, 0.2) is 29.2 Å². The highest BCUT2D eigenvalue weighted by Gasteiger charge is 2.13. The molecule has 0 saturated heterocycles. The SMILES string of the molecule is CON=[P+]([S-])Oc1ccccc1C(=O)O. The van der Waals surface area contributed by atoms with Gasteiger partial charge in [-0.2, -0.15) is 0 Å². The Morgan fingerprint density at radius 3 is 2.80 bits per heavy atom. The minimum atomic E-state index is -1.58. The summed E-state index contributed by atoms with van der Waals surface area (Å²) in [5.41, 5.74) is 0.0566. The number of benzene rings is 1. The summed E-state index contributed by atoms with van der Waals surface area (Å²) in [5.74, 6) is -0.867. The highest BCUT2D eigenvalue weighted by atomic mass is 32.7. The minimum Gasteiger partial charge on any atom is -0.478 e. The number of aromatic carboxylic acids is 1. The summed E-state index contributed by atoms with van der Waals surface area (Å²) in [5, 5.41) is 8.84. The second-order valence-corrected chi connectivity index (χ2v) is 4.15. The van der Waals surface area contributed by atoms with Crippen molar-refractivity contribution in [3.05, 3.63) is 29.8 Å². The third-order valence-corrected chi connectivity index (χ3v) is 2.52. The van der Waals surface area contributed by atoms with Gasteiger partial charge in [0.15, 0.2) is 5.75 Å². The van der Waals surface area contributed by atoms with E-state index in [2.05, 4.69) is 9.75 Å². The largest absolute Gasteiger partial charge is 0.478 e. The van der Waals surface area contributed by atoms with E-state index in [0.717, 1.165) is 0 Å². The molecule has 0 heterocycles. The van der Waals surface area contributed by atoms with Crippen LogP contribution in [-0.2, 0) is 17.1 Å². The van der Waals surface area contributed by atoms with E-state index in [-0.39, 0.29) is 11.3 Å². The van der Waals surface area contributed by atoms with Gasteiger partial charge in [-0.15, -0.1) is 0 Å². The molecule has 0 aromatic heterocycles. The first kappa shape index (κ1) is 12.0. The molecular formula is C8H8NO4PS. The Bertz CT molecular complexity index is 396. The van der Waals surface area contributed by atoms with Crippen LogP contribution in [0.2, 0.25) is 0 Å². The van der Waals surface area contributed by atoms with Crippen molar-refractivity contribution in [1.29, 1.82) is 0 Å². The second-order valence-electron chi connectivity index (χ2n) is 2.39. The van der Waals surface area contributed by atoms with Crippen LogP contribution in [0.4, 0.5) is 0 Å². The maximum Gasteiger partial charge on any atom is 0.339 e. The second kappa shape index (κ2) is 5.70. The molecule has 1 aromatic rings. The molecule has 0 saturated carbocycles. The standard InChI is InChI=1S/C8H8NO4PS/c1-12-9-14(15)13-7-5-3-2-4-6(7)8(10)11/h2-5H,1H3,(H,10,11). The lowest BCUT2D eigenvalue weighted by molar-refractivity contribution is 0.0695. The Morgan fingerprint density at radius 1 is 1.53 bits per heavy atom. The van der Waals surface area contributed by atoms with Gasteiger partial charge in [0, 0.05) is 0 Å². The fourth-order valence-electron chi connectivity index (χ4n) is 0.890. The predicted octanol–water partition coefficient (Wildman–Crippen LogP) is 2.37. The minimum absolute atomic E-state index is 0.0566. The number of hydrogen-bond donors (Lipinski definition) is 1. The molecule has 1 N–H and O–H groups in total. The van der Waals surface area contributed by atoms with Crippen molar-refractivity contribution in [3.8, 4) is 5.75 Å². The molecule has 0 aliphatic rings. The summed E-state index contributed by atoms with van der Waals surface area (Å²) in [7, 11) is -0.220. The molecule has 0 aliphatic carbocycles. The summed E-state index contributed by atoms with van der Waals surface area (Å²) < 4.78 is 5.15. The van der Waals surface area contributed by atoms with Gasteiger partial charge < -0.3 is 17.4 Å². The molecule has 15 heavy (non-hydrogen) atoms. The Labute approximate surface area is 92.7 Å². The third kappa shape index (κ3) is 3.51. The van der Waals surface area contributed by atoms with Crippen LogP contribution < -0.4 is 4.52 Å². The molecule has 1 aromatic carbocycles. The van der Waals surface area contributed by atoms with Crippen molar-refractivity contribution in [2.75, 3.05) is 7.11 Å². The fraction of sp³-hybridized carbons (Fsp3) is 0.125. The summed E-state index contributed by atoms with van der Waals surface area (Å²) >= 11 is 4.82. The van der Waals surface area contributed by atoms with Crippen LogP contribution in [0, 0.1) is 0 Å². The number of rotatable bonds is 4. The molecule has 0 aliphatic heterocycles. The molecule has 80 valence electrons. The van der Waals surface area contributed by atoms with Gasteiger partial charge in [0.1, 0.15) is 5.56 Å². The molecule has 0 spiro atoms. The molecule has 0 bridgehead atoms. The van der Waals surface area contributed by atoms with Crippen molar-refractivity contribution >= 4 is 25.4 Å². The van der Waals surface area contributed by atoms with E-state index >= 15 is 0 Å². The van der Waals surface area contributed by atoms with Crippen molar-refractivity contribution in [2.24, 2.45) is 4.91 Å². The zero-order valence-corrected chi connectivity index (χ0v) is 9.49. The van der Waals surface area contributed by atoms with Crippen molar-refractivity contribution in [3.63, 3.8) is 0 Å². The fourth-order valence-corrected chi connectivity index (χ4v) is 1.83. The van der Waals surface area contributed by atoms with Gasteiger partial charge in [-0.3, -0.25) is 4.52 Å². The summed E-state index contributed by atoms with van der Waals surface area (Å²) in [6.07, 6.45) is 0. The first-order valence-electron chi connectivity index (χ1n) is 3.87. The van der Waals surface area contributed by atoms with Gasteiger partial charge in [-0.05, 0) is 12.1 Å². The summed E-state index contributed by atoms with van der Waals surface area (Å²) in [6, 6.07) is 6.22. The van der Waals surface area contributed by atoms with Crippen LogP contribution >= 0.6 is 7.14 Å². The Kier molecular flexibility index (Phi) is 4.55. The average molecular weight is 245 g/mol. The molecule has 1 unspecified atom stereocenters. The molecule has 5 nitrogen and oxygen atoms in total. The number of nitrogens with zero attached hydrogens (tertiary/aromatic N) is 1. The van der Waals surface area contributed by atoms with E-state index in [4.69, 9.17) is 21.9 Å². The lowest BCUT2D eigenvalue weighted by atomic mass is 10.2. The van der Waals surface area contributed by atoms with Gasteiger partial charge in [0.2, 0.25) is 0 Å². The average Bonchev–Trinajstić information content (AvgIpc) is 2.18. The Morgan fingerprint density at radius 2 is 2.20 bits per heavy atom. The molecule has 1 atom stereocenters. The monoisotopic (exact) mass is 245 g/mol. The van der Waals surface area contributed by atoms with Crippen molar-refractivity contribution < 1.29 is 19.3 Å². The Balaban J connectivity index is 2.94. The van der Waals surface area contributed by atoms with Crippen LogP contribution in [0.25, 0.3) is 0 Å². The van der Waals surface area contributed by atoms with Gasteiger partial charge >= 0.3 is 13.1 Å². The molecule has 0 amide bonds. The first-order valence-corrected chi connectivity index (χ1v) is 6.09. The molecule has 1 rings (SSSR count). The van der Waals surface area contributed by atoms with Gasteiger partial charge in [0.25, 0.3) is 0 Å². The number of hydrogen-bond acceptors (Lipinski definition) is 5.